The van der Waals surface area contributed by atoms with E-state index in [1.54, 1.807) is 6.20 Å². The van der Waals surface area contributed by atoms with Crippen molar-refractivity contribution in [1.82, 2.24) is 9.97 Å². The Bertz CT molecular complexity index is 339. The topological polar surface area (TPSA) is 49.2 Å². The van der Waals surface area contributed by atoms with Gasteiger partial charge in [0.2, 0.25) is 0 Å². The first-order chi connectivity index (χ1) is 7.56. The molecule has 1 N–H and O–H groups in total. The highest BCUT2D eigenvalue weighted by atomic mass is 16.3. The number of nitrogens with zero attached hydrogens (tertiary/aromatic N) is 3. The van der Waals surface area contributed by atoms with E-state index in [-0.39, 0.29) is 6.61 Å². The molecule has 0 aliphatic rings. The number of anilines is 1. The molecule has 90 valence electrons. The zero-order chi connectivity index (χ0) is 12.1. The molecule has 0 atom stereocenters. The largest absolute Gasteiger partial charge is 0.396 e. The van der Waals surface area contributed by atoms with Crippen molar-refractivity contribution in [2.75, 3.05) is 18.1 Å². The van der Waals surface area contributed by atoms with Crippen molar-refractivity contribution < 1.29 is 5.11 Å². The molecule has 0 unspecified atom stereocenters. The lowest BCUT2D eigenvalue weighted by molar-refractivity contribution is 0.288. The quantitative estimate of drug-likeness (QED) is 0.825. The van der Waals surface area contributed by atoms with Gasteiger partial charge < -0.3 is 10.0 Å². The second-order valence-corrected chi connectivity index (χ2v) is 4.26. The zero-order valence-corrected chi connectivity index (χ0v) is 10.6. The first-order valence-electron chi connectivity index (χ1n) is 5.74. The van der Waals surface area contributed by atoms with Gasteiger partial charge in [-0.25, -0.2) is 4.98 Å². The van der Waals surface area contributed by atoms with Crippen molar-refractivity contribution in [2.24, 2.45) is 0 Å². The smallest absolute Gasteiger partial charge is 0.147 e. The van der Waals surface area contributed by atoms with Crippen molar-refractivity contribution >= 4 is 5.82 Å². The van der Waals surface area contributed by atoms with E-state index in [1.165, 1.54) is 0 Å². The first-order valence-corrected chi connectivity index (χ1v) is 5.74. The second-order valence-electron chi connectivity index (χ2n) is 4.26. The lowest BCUT2D eigenvalue weighted by Crippen LogP contribution is -2.33. The highest BCUT2D eigenvalue weighted by molar-refractivity contribution is 5.38. The molecule has 0 fully saturated rings. The maximum atomic E-state index is 8.88. The van der Waals surface area contributed by atoms with Gasteiger partial charge in [0.05, 0.1) is 17.6 Å². The Kier molecular flexibility index (Phi) is 4.68. The lowest BCUT2D eigenvalue weighted by Gasteiger charge is -2.27. The van der Waals surface area contributed by atoms with E-state index in [4.69, 9.17) is 5.11 Å². The third-order valence-corrected chi connectivity index (χ3v) is 2.65. The minimum Gasteiger partial charge on any atom is -0.396 e. The van der Waals surface area contributed by atoms with Crippen molar-refractivity contribution in [1.29, 1.82) is 0 Å². The van der Waals surface area contributed by atoms with Crippen LogP contribution in [0.5, 0.6) is 0 Å². The fourth-order valence-corrected chi connectivity index (χ4v) is 1.55. The number of hydrogen-bond acceptors (Lipinski definition) is 4. The van der Waals surface area contributed by atoms with Crippen LogP contribution in [0.3, 0.4) is 0 Å². The first kappa shape index (κ1) is 12.9. The molecule has 1 rings (SSSR count). The monoisotopic (exact) mass is 223 g/mol. The van der Waals surface area contributed by atoms with Crippen LogP contribution >= 0.6 is 0 Å². The van der Waals surface area contributed by atoms with Crippen LogP contribution < -0.4 is 4.90 Å². The summed E-state index contributed by atoms with van der Waals surface area (Å²) in [5.74, 6) is 0.895. The van der Waals surface area contributed by atoms with Gasteiger partial charge in [-0.3, -0.25) is 4.98 Å². The van der Waals surface area contributed by atoms with Crippen LogP contribution in [0.25, 0.3) is 0 Å². The predicted molar refractivity (Wildman–Crippen MR) is 65.7 cm³/mol. The van der Waals surface area contributed by atoms with Gasteiger partial charge in [-0.1, -0.05) is 0 Å². The number of aliphatic hydroxyl groups excluding tert-OH is 1. The van der Waals surface area contributed by atoms with Gasteiger partial charge in [-0.2, -0.15) is 0 Å². The highest BCUT2D eigenvalue weighted by Gasteiger charge is 2.12. The van der Waals surface area contributed by atoms with E-state index in [2.05, 4.69) is 28.7 Å². The number of aliphatic hydroxyl groups is 1. The molecule has 1 aromatic heterocycles. The molecule has 0 aromatic carbocycles. The molecule has 0 saturated carbocycles. The molecule has 0 spiro atoms. The summed E-state index contributed by atoms with van der Waals surface area (Å²) in [5.41, 5.74) is 1.93. The normalized spacial score (nSPS) is 10.9. The fourth-order valence-electron chi connectivity index (χ4n) is 1.55. The van der Waals surface area contributed by atoms with Gasteiger partial charge in [-0.05, 0) is 34.1 Å². The van der Waals surface area contributed by atoms with Crippen LogP contribution in [0.1, 0.15) is 31.7 Å². The van der Waals surface area contributed by atoms with Gasteiger partial charge in [-0.15, -0.1) is 0 Å². The second kappa shape index (κ2) is 5.80. The van der Waals surface area contributed by atoms with Crippen LogP contribution in [-0.4, -0.2) is 34.3 Å². The average molecular weight is 223 g/mol. The maximum Gasteiger partial charge on any atom is 0.147 e. The summed E-state index contributed by atoms with van der Waals surface area (Å²) in [4.78, 5) is 11.0. The average Bonchev–Trinajstić information content (AvgIpc) is 2.23. The molecule has 16 heavy (non-hydrogen) atoms. The SMILES string of the molecule is Cc1ncc(N(CCCO)C(C)C)nc1C. The van der Waals surface area contributed by atoms with Crippen molar-refractivity contribution in [3.8, 4) is 0 Å². The van der Waals surface area contributed by atoms with Crippen LogP contribution in [0.15, 0.2) is 6.20 Å². The molecule has 0 radical (unpaired) electrons. The van der Waals surface area contributed by atoms with E-state index < -0.39 is 0 Å². The third kappa shape index (κ3) is 3.17. The van der Waals surface area contributed by atoms with Crippen molar-refractivity contribution in [2.45, 2.75) is 40.2 Å². The molecular weight excluding hydrogens is 202 g/mol. The molecule has 4 nitrogen and oxygen atoms in total. The van der Waals surface area contributed by atoms with E-state index in [0.717, 1.165) is 30.2 Å². The standard InChI is InChI=1S/C12H21N3O/c1-9(2)15(6-5-7-16)12-8-13-10(3)11(4)14-12/h8-9,16H,5-7H2,1-4H3. The Labute approximate surface area is 97.3 Å². The van der Waals surface area contributed by atoms with Gasteiger partial charge in [0.15, 0.2) is 0 Å². The van der Waals surface area contributed by atoms with E-state index in [1.807, 2.05) is 13.8 Å². The Morgan fingerprint density at radius 2 is 2.00 bits per heavy atom. The zero-order valence-electron chi connectivity index (χ0n) is 10.6. The van der Waals surface area contributed by atoms with Crippen LogP contribution in [0.4, 0.5) is 5.82 Å². The summed E-state index contributed by atoms with van der Waals surface area (Å²) >= 11 is 0. The van der Waals surface area contributed by atoms with Gasteiger partial charge in [0.1, 0.15) is 5.82 Å². The summed E-state index contributed by atoms with van der Waals surface area (Å²) in [5, 5.41) is 8.88. The van der Waals surface area contributed by atoms with E-state index in [9.17, 15) is 0 Å². The number of aryl methyl sites for hydroxylation is 2. The summed E-state index contributed by atoms with van der Waals surface area (Å²) in [6, 6.07) is 0.364. The van der Waals surface area contributed by atoms with Crippen LogP contribution in [0, 0.1) is 13.8 Å². The molecule has 1 heterocycles. The summed E-state index contributed by atoms with van der Waals surface area (Å²) in [7, 11) is 0. The lowest BCUT2D eigenvalue weighted by atomic mass is 10.2. The van der Waals surface area contributed by atoms with E-state index in [0.29, 0.717) is 6.04 Å². The van der Waals surface area contributed by atoms with E-state index >= 15 is 0 Å². The molecular formula is C12H21N3O. The molecule has 0 aliphatic heterocycles. The van der Waals surface area contributed by atoms with Gasteiger partial charge in [0.25, 0.3) is 0 Å². The third-order valence-electron chi connectivity index (χ3n) is 2.65. The number of hydrogen-bond donors (Lipinski definition) is 1. The Morgan fingerprint density at radius 3 is 2.50 bits per heavy atom. The minimum atomic E-state index is 0.210. The summed E-state index contributed by atoms with van der Waals surface area (Å²) in [6.07, 6.45) is 2.56. The van der Waals surface area contributed by atoms with Crippen molar-refractivity contribution in [3.63, 3.8) is 0 Å². The predicted octanol–water partition coefficient (Wildman–Crippen LogP) is 1.69. The Balaban J connectivity index is 2.88. The minimum absolute atomic E-state index is 0.210. The molecule has 0 aliphatic carbocycles. The summed E-state index contributed by atoms with van der Waals surface area (Å²) < 4.78 is 0. The molecule has 0 saturated heterocycles. The molecule has 0 bridgehead atoms. The van der Waals surface area contributed by atoms with Crippen molar-refractivity contribution in [3.05, 3.63) is 17.6 Å². The van der Waals surface area contributed by atoms with Gasteiger partial charge in [0, 0.05) is 19.2 Å². The highest BCUT2D eigenvalue weighted by Crippen LogP contribution is 2.15. The van der Waals surface area contributed by atoms with Gasteiger partial charge >= 0.3 is 0 Å². The number of aromatic nitrogens is 2. The Hall–Kier alpha value is -1.16. The molecule has 1 aromatic rings. The molecule has 4 heteroatoms. The Morgan fingerprint density at radius 1 is 1.31 bits per heavy atom. The van der Waals surface area contributed by atoms with Crippen LogP contribution in [-0.2, 0) is 0 Å². The fraction of sp³-hybridized carbons (Fsp3) is 0.667. The number of rotatable bonds is 5. The molecule has 0 amide bonds. The maximum absolute atomic E-state index is 8.88. The van der Waals surface area contributed by atoms with Crippen LogP contribution in [0.2, 0.25) is 0 Å². The summed E-state index contributed by atoms with van der Waals surface area (Å²) in [6.45, 7) is 9.19.